The van der Waals surface area contributed by atoms with Gasteiger partial charge in [-0.25, -0.2) is 0 Å². The molecule has 1 atom stereocenters. The highest BCUT2D eigenvalue weighted by Crippen LogP contribution is 2.39. The summed E-state index contributed by atoms with van der Waals surface area (Å²) in [4.78, 5) is 0. The number of hydrogen-bond acceptors (Lipinski definition) is 2. The molecule has 1 unspecified atom stereocenters. The first-order valence-corrected chi connectivity index (χ1v) is 8.87. The molecule has 1 aliphatic carbocycles. The summed E-state index contributed by atoms with van der Waals surface area (Å²) >= 11 is 2.49. The Hall–Kier alpha value is 0.650. The molecule has 1 fully saturated rings. The van der Waals surface area contributed by atoms with Gasteiger partial charge in [0.05, 0.1) is 18.3 Å². The number of hydrogen-bond donors (Lipinski definition) is 0. The van der Waals surface area contributed by atoms with Gasteiger partial charge in [0, 0.05) is 11.0 Å². The average Bonchev–Trinajstić information content (AvgIpc) is 2.37. The van der Waals surface area contributed by atoms with Crippen molar-refractivity contribution in [2.45, 2.75) is 65.1 Å². The third-order valence-corrected chi connectivity index (χ3v) is 5.53. The van der Waals surface area contributed by atoms with Crippen LogP contribution in [0.2, 0.25) is 0 Å². The van der Waals surface area contributed by atoms with Gasteiger partial charge >= 0.3 is 0 Å². The maximum atomic E-state index is 6.33. The number of ether oxygens (including phenoxy) is 2. The van der Waals surface area contributed by atoms with Crippen LogP contribution in [-0.4, -0.2) is 29.3 Å². The van der Waals surface area contributed by atoms with Crippen LogP contribution in [0.5, 0.6) is 0 Å². The maximum absolute atomic E-state index is 6.33. The van der Waals surface area contributed by atoms with Gasteiger partial charge in [-0.05, 0) is 51.4 Å². The summed E-state index contributed by atoms with van der Waals surface area (Å²) in [6.07, 6.45) is 5.30. The fraction of sp³-hybridized carbons (Fsp3) is 1.00. The molecular formula is C15H29IO2. The summed E-state index contributed by atoms with van der Waals surface area (Å²) in [6, 6.07) is 0. The Morgan fingerprint density at radius 2 is 1.83 bits per heavy atom. The minimum absolute atomic E-state index is 0.114. The molecule has 0 aliphatic heterocycles. The van der Waals surface area contributed by atoms with Gasteiger partial charge in [0.15, 0.2) is 0 Å². The Bertz CT molecular complexity index is 223. The molecule has 0 spiro atoms. The second kappa shape index (κ2) is 8.05. The van der Waals surface area contributed by atoms with Crippen molar-refractivity contribution in [1.29, 1.82) is 0 Å². The van der Waals surface area contributed by atoms with Crippen LogP contribution in [0.15, 0.2) is 0 Å². The van der Waals surface area contributed by atoms with E-state index in [1.807, 2.05) is 6.92 Å². The summed E-state index contributed by atoms with van der Waals surface area (Å²) in [5, 5.41) is 0. The van der Waals surface area contributed by atoms with Crippen LogP contribution in [0.3, 0.4) is 0 Å². The zero-order valence-electron chi connectivity index (χ0n) is 12.4. The molecule has 0 bridgehead atoms. The predicted molar refractivity (Wildman–Crippen MR) is 85.5 cm³/mol. The first kappa shape index (κ1) is 16.7. The third kappa shape index (κ3) is 4.97. The largest absolute Gasteiger partial charge is 0.379 e. The molecule has 0 amide bonds. The van der Waals surface area contributed by atoms with Gasteiger partial charge in [-0.2, -0.15) is 0 Å². The average molecular weight is 368 g/mol. The van der Waals surface area contributed by atoms with E-state index in [1.165, 1.54) is 25.7 Å². The minimum Gasteiger partial charge on any atom is -0.379 e. The molecule has 0 aromatic rings. The van der Waals surface area contributed by atoms with Crippen molar-refractivity contribution in [3.8, 4) is 0 Å². The van der Waals surface area contributed by atoms with Gasteiger partial charge in [-0.15, -0.1) is 0 Å². The van der Waals surface area contributed by atoms with Crippen molar-refractivity contribution in [2.24, 2.45) is 11.8 Å². The van der Waals surface area contributed by atoms with Gasteiger partial charge in [-0.1, -0.05) is 36.4 Å². The molecule has 0 heterocycles. The zero-order chi connectivity index (χ0) is 13.6. The van der Waals surface area contributed by atoms with E-state index in [2.05, 4.69) is 43.4 Å². The minimum atomic E-state index is 0.114. The topological polar surface area (TPSA) is 18.5 Å². The Kier molecular flexibility index (Phi) is 7.47. The Balaban J connectivity index is 2.45. The van der Waals surface area contributed by atoms with Crippen molar-refractivity contribution >= 4 is 22.6 Å². The molecule has 0 aromatic heterocycles. The molecule has 1 rings (SSSR count). The van der Waals surface area contributed by atoms with Crippen LogP contribution in [0, 0.1) is 11.8 Å². The van der Waals surface area contributed by atoms with E-state index in [0.29, 0.717) is 0 Å². The quantitative estimate of drug-likeness (QED) is 0.488. The summed E-state index contributed by atoms with van der Waals surface area (Å²) < 4.78 is 12.9. The molecule has 0 saturated heterocycles. The van der Waals surface area contributed by atoms with Crippen molar-refractivity contribution in [2.75, 3.05) is 17.6 Å². The Morgan fingerprint density at radius 3 is 2.28 bits per heavy atom. The number of halogens is 1. The molecule has 0 N–H and O–H groups in total. The monoisotopic (exact) mass is 368 g/mol. The number of alkyl halides is 1. The molecular weight excluding hydrogens is 339 g/mol. The van der Waals surface area contributed by atoms with E-state index in [0.717, 1.165) is 29.5 Å². The van der Waals surface area contributed by atoms with E-state index < -0.39 is 0 Å². The van der Waals surface area contributed by atoms with Gasteiger partial charge in [0.1, 0.15) is 0 Å². The van der Waals surface area contributed by atoms with Crippen molar-refractivity contribution in [3.05, 3.63) is 0 Å². The highest BCUT2D eigenvalue weighted by molar-refractivity contribution is 14.1. The molecule has 2 nitrogen and oxygen atoms in total. The molecule has 108 valence electrons. The first-order chi connectivity index (χ1) is 8.53. The van der Waals surface area contributed by atoms with Crippen molar-refractivity contribution in [1.82, 2.24) is 0 Å². The van der Waals surface area contributed by atoms with Gasteiger partial charge in [0.2, 0.25) is 0 Å². The lowest BCUT2D eigenvalue weighted by Gasteiger charge is -2.41. The summed E-state index contributed by atoms with van der Waals surface area (Å²) in [5.74, 6) is 1.71. The first-order valence-electron chi connectivity index (χ1n) is 7.34. The Labute approximate surface area is 126 Å². The molecule has 1 saturated carbocycles. The molecule has 18 heavy (non-hydrogen) atoms. The number of rotatable bonds is 7. The highest BCUT2D eigenvalue weighted by atomic mass is 127. The normalized spacial score (nSPS) is 30.7. The van der Waals surface area contributed by atoms with Crippen LogP contribution >= 0.6 is 22.6 Å². The predicted octanol–water partition coefficient (Wildman–Crippen LogP) is 4.45. The van der Waals surface area contributed by atoms with Crippen molar-refractivity contribution < 1.29 is 9.47 Å². The lowest BCUT2D eigenvalue weighted by atomic mass is 9.75. The van der Waals surface area contributed by atoms with E-state index in [1.54, 1.807) is 0 Å². The standard InChI is InChI=1S/C15H29IO2/c1-5-17-10-13(4)18-15(11-16)8-6-14(7-9-15)12(2)3/h12-14H,5-11H2,1-4H3. The van der Waals surface area contributed by atoms with E-state index in [4.69, 9.17) is 9.47 Å². The van der Waals surface area contributed by atoms with E-state index in [9.17, 15) is 0 Å². The summed E-state index contributed by atoms with van der Waals surface area (Å²) in [5.41, 5.74) is 0.114. The molecule has 1 aliphatic rings. The fourth-order valence-electron chi connectivity index (χ4n) is 2.86. The van der Waals surface area contributed by atoms with Gasteiger partial charge in [-0.3, -0.25) is 0 Å². The van der Waals surface area contributed by atoms with Gasteiger partial charge < -0.3 is 9.47 Å². The maximum Gasteiger partial charge on any atom is 0.0788 e. The second-order valence-corrected chi connectivity index (χ2v) is 6.75. The molecule has 3 heteroatoms. The zero-order valence-corrected chi connectivity index (χ0v) is 14.5. The highest BCUT2D eigenvalue weighted by Gasteiger charge is 2.37. The molecule has 0 radical (unpaired) electrons. The van der Waals surface area contributed by atoms with E-state index in [-0.39, 0.29) is 11.7 Å². The smallest absolute Gasteiger partial charge is 0.0788 e. The summed E-state index contributed by atoms with van der Waals surface area (Å²) in [6.45, 7) is 10.4. The van der Waals surface area contributed by atoms with Crippen LogP contribution < -0.4 is 0 Å². The summed E-state index contributed by atoms with van der Waals surface area (Å²) in [7, 11) is 0. The Morgan fingerprint density at radius 1 is 1.22 bits per heavy atom. The van der Waals surface area contributed by atoms with Crippen LogP contribution in [0.4, 0.5) is 0 Å². The molecule has 0 aromatic carbocycles. The van der Waals surface area contributed by atoms with E-state index >= 15 is 0 Å². The lowest BCUT2D eigenvalue weighted by Crippen LogP contribution is -2.43. The van der Waals surface area contributed by atoms with Crippen LogP contribution in [-0.2, 0) is 9.47 Å². The third-order valence-electron chi connectivity index (χ3n) is 4.14. The fourth-order valence-corrected chi connectivity index (χ4v) is 3.80. The SMILES string of the molecule is CCOCC(C)OC1(CI)CCC(C(C)C)CC1. The second-order valence-electron chi connectivity index (χ2n) is 5.99. The van der Waals surface area contributed by atoms with Gasteiger partial charge in [0.25, 0.3) is 0 Å². The van der Waals surface area contributed by atoms with Crippen LogP contribution in [0.25, 0.3) is 0 Å². The lowest BCUT2D eigenvalue weighted by molar-refractivity contribution is -0.120. The van der Waals surface area contributed by atoms with Crippen LogP contribution in [0.1, 0.15) is 53.4 Å². The van der Waals surface area contributed by atoms with Crippen molar-refractivity contribution in [3.63, 3.8) is 0 Å².